The lowest BCUT2D eigenvalue weighted by molar-refractivity contribution is 0.0968. The van der Waals surface area contributed by atoms with E-state index < -0.39 is 0 Å². The topological polar surface area (TPSA) is 57.4 Å². The van der Waals surface area contributed by atoms with Crippen molar-refractivity contribution >= 4 is 17.3 Å². The summed E-state index contributed by atoms with van der Waals surface area (Å²) in [4.78, 5) is 3.98. The Bertz CT molecular complexity index is 321. The van der Waals surface area contributed by atoms with E-state index in [1.807, 2.05) is 0 Å². The summed E-state index contributed by atoms with van der Waals surface area (Å²) < 4.78 is 10.7. The largest absolute Gasteiger partial charge is 0.474 e. The van der Waals surface area contributed by atoms with Crippen molar-refractivity contribution in [1.29, 1.82) is 0 Å². The third-order valence-corrected chi connectivity index (χ3v) is 2.16. The summed E-state index contributed by atoms with van der Waals surface area (Å²) in [5.41, 5.74) is 6.12. The predicted octanol–water partition coefficient (Wildman–Crippen LogP) is 2.51. The second-order valence-corrected chi connectivity index (χ2v) is 3.80. The maximum absolute atomic E-state index is 5.71. The van der Waals surface area contributed by atoms with E-state index >= 15 is 0 Å². The zero-order valence-electron chi connectivity index (χ0n) is 9.41. The molecule has 0 aliphatic rings. The van der Waals surface area contributed by atoms with Gasteiger partial charge in [-0.1, -0.05) is 24.9 Å². The molecule has 1 rings (SSSR count). The third kappa shape index (κ3) is 4.68. The molecule has 0 spiro atoms. The van der Waals surface area contributed by atoms with E-state index in [1.165, 1.54) is 6.20 Å². The van der Waals surface area contributed by atoms with Crippen LogP contribution < -0.4 is 10.5 Å². The minimum atomic E-state index is 0.406. The molecule has 2 N–H and O–H groups in total. The molecule has 0 aromatic carbocycles. The van der Waals surface area contributed by atoms with Crippen LogP contribution in [0.5, 0.6) is 5.88 Å². The Morgan fingerprint density at radius 3 is 2.88 bits per heavy atom. The van der Waals surface area contributed by atoms with E-state index in [0.717, 1.165) is 19.4 Å². The van der Waals surface area contributed by atoms with E-state index in [4.69, 9.17) is 26.8 Å². The molecule has 5 heteroatoms. The van der Waals surface area contributed by atoms with Crippen molar-refractivity contribution in [2.45, 2.75) is 19.8 Å². The van der Waals surface area contributed by atoms with Crippen molar-refractivity contribution in [3.63, 3.8) is 0 Å². The van der Waals surface area contributed by atoms with Gasteiger partial charge in [0.25, 0.3) is 0 Å². The first kappa shape index (κ1) is 13.1. The second kappa shape index (κ2) is 7.30. The maximum atomic E-state index is 5.71. The van der Waals surface area contributed by atoms with Crippen LogP contribution in [0.15, 0.2) is 12.3 Å². The summed E-state index contributed by atoms with van der Waals surface area (Å²) in [6, 6.07) is 1.61. The molecule has 0 bridgehead atoms. The average Bonchev–Trinajstić information content (AvgIpc) is 2.26. The van der Waals surface area contributed by atoms with Gasteiger partial charge >= 0.3 is 0 Å². The molecule has 0 aliphatic carbocycles. The molecule has 1 aromatic heterocycles. The number of pyridine rings is 1. The molecule has 4 nitrogen and oxygen atoms in total. The van der Waals surface area contributed by atoms with Crippen LogP contribution in [-0.4, -0.2) is 24.8 Å². The highest BCUT2D eigenvalue weighted by Crippen LogP contribution is 2.21. The normalized spacial score (nSPS) is 10.4. The highest BCUT2D eigenvalue weighted by Gasteiger charge is 2.02. The molecule has 0 amide bonds. The molecular formula is C11H17ClN2O2. The van der Waals surface area contributed by atoms with Crippen molar-refractivity contribution in [2.24, 2.45) is 0 Å². The summed E-state index contributed by atoms with van der Waals surface area (Å²) in [6.07, 6.45) is 3.71. The fourth-order valence-electron chi connectivity index (χ4n) is 1.11. The number of halogens is 1. The lowest BCUT2D eigenvalue weighted by Gasteiger charge is -2.08. The molecular weight excluding hydrogens is 228 g/mol. The van der Waals surface area contributed by atoms with Gasteiger partial charge < -0.3 is 15.2 Å². The predicted molar refractivity (Wildman–Crippen MR) is 64.9 cm³/mol. The molecule has 0 saturated heterocycles. The number of nitrogens with two attached hydrogens (primary N) is 1. The number of aromatic nitrogens is 1. The molecule has 16 heavy (non-hydrogen) atoms. The number of anilines is 1. The number of nitrogen functional groups attached to an aromatic ring is 1. The van der Waals surface area contributed by atoms with Gasteiger partial charge in [0.15, 0.2) is 0 Å². The minimum Gasteiger partial charge on any atom is -0.474 e. The van der Waals surface area contributed by atoms with E-state index in [-0.39, 0.29) is 0 Å². The zero-order chi connectivity index (χ0) is 11.8. The smallest absolute Gasteiger partial charge is 0.237 e. The molecule has 0 radical (unpaired) electrons. The van der Waals surface area contributed by atoms with Crippen LogP contribution in [0.4, 0.5) is 5.69 Å². The number of ether oxygens (including phenoxy) is 2. The number of rotatable bonds is 7. The van der Waals surface area contributed by atoms with Crippen molar-refractivity contribution < 1.29 is 9.47 Å². The lowest BCUT2D eigenvalue weighted by atomic mass is 10.4. The van der Waals surface area contributed by atoms with E-state index in [1.54, 1.807) is 6.07 Å². The Balaban J connectivity index is 2.21. The van der Waals surface area contributed by atoms with Crippen LogP contribution in [-0.2, 0) is 4.74 Å². The van der Waals surface area contributed by atoms with Gasteiger partial charge in [0.2, 0.25) is 5.88 Å². The quantitative estimate of drug-likeness (QED) is 0.749. The van der Waals surface area contributed by atoms with Crippen molar-refractivity contribution in [3.8, 4) is 5.88 Å². The molecule has 0 unspecified atom stereocenters. The van der Waals surface area contributed by atoms with Crippen molar-refractivity contribution in [1.82, 2.24) is 4.98 Å². The second-order valence-electron chi connectivity index (χ2n) is 3.36. The highest BCUT2D eigenvalue weighted by atomic mass is 35.5. The summed E-state index contributed by atoms with van der Waals surface area (Å²) in [5.74, 6) is 0.406. The monoisotopic (exact) mass is 244 g/mol. The Morgan fingerprint density at radius 2 is 2.19 bits per heavy atom. The highest BCUT2D eigenvalue weighted by molar-refractivity contribution is 6.30. The van der Waals surface area contributed by atoms with Crippen LogP contribution in [0.25, 0.3) is 0 Å². The lowest BCUT2D eigenvalue weighted by Crippen LogP contribution is -2.09. The van der Waals surface area contributed by atoms with Crippen LogP contribution in [0.2, 0.25) is 5.02 Å². The van der Waals surface area contributed by atoms with Gasteiger partial charge in [-0.15, -0.1) is 0 Å². The van der Waals surface area contributed by atoms with E-state index in [0.29, 0.717) is 29.8 Å². The number of unbranched alkanes of at least 4 members (excludes halogenated alkanes) is 1. The molecule has 1 heterocycles. The third-order valence-electron chi connectivity index (χ3n) is 1.95. The SMILES string of the molecule is CCCCOCCOc1ncc(Cl)cc1N. The molecule has 0 aliphatic heterocycles. The van der Waals surface area contributed by atoms with Gasteiger partial charge in [-0.2, -0.15) is 0 Å². The van der Waals surface area contributed by atoms with Gasteiger partial charge in [-0.3, -0.25) is 0 Å². The summed E-state index contributed by atoms with van der Waals surface area (Å²) in [6.45, 7) is 3.88. The Morgan fingerprint density at radius 1 is 1.38 bits per heavy atom. The van der Waals surface area contributed by atoms with Gasteiger partial charge in [0.1, 0.15) is 6.61 Å². The fourth-order valence-corrected chi connectivity index (χ4v) is 1.28. The Labute approximate surface area is 101 Å². The number of nitrogens with zero attached hydrogens (tertiary/aromatic N) is 1. The summed E-state index contributed by atoms with van der Waals surface area (Å²) in [5, 5.41) is 0.504. The number of hydrogen-bond donors (Lipinski definition) is 1. The molecule has 0 atom stereocenters. The van der Waals surface area contributed by atoms with Crippen molar-refractivity contribution in [2.75, 3.05) is 25.6 Å². The fraction of sp³-hybridized carbons (Fsp3) is 0.545. The first-order valence-corrected chi connectivity index (χ1v) is 5.73. The number of hydrogen-bond acceptors (Lipinski definition) is 4. The Hall–Kier alpha value is -1.00. The van der Waals surface area contributed by atoms with Gasteiger partial charge in [-0.05, 0) is 12.5 Å². The molecule has 0 saturated carbocycles. The van der Waals surface area contributed by atoms with Gasteiger partial charge in [0, 0.05) is 12.8 Å². The molecule has 90 valence electrons. The molecule has 0 fully saturated rings. The van der Waals surface area contributed by atoms with Crippen LogP contribution >= 0.6 is 11.6 Å². The van der Waals surface area contributed by atoms with Gasteiger partial charge in [0.05, 0.1) is 17.3 Å². The van der Waals surface area contributed by atoms with Crippen LogP contribution in [0.3, 0.4) is 0 Å². The zero-order valence-corrected chi connectivity index (χ0v) is 10.2. The minimum absolute atomic E-state index is 0.406. The summed E-state index contributed by atoms with van der Waals surface area (Å²) >= 11 is 5.71. The maximum Gasteiger partial charge on any atom is 0.237 e. The van der Waals surface area contributed by atoms with Crippen LogP contribution in [0, 0.1) is 0 Å². The van der Waals surface area contributed by atoms with E-state index in [9.17, 15) is 0 Å². The van der Waals surface area contributed by atoms with E-state index in [2.05, 4.69) is 11.9 Å². The first-order valence-electron chi connectivity index (χ1n) is 5.35. The summed E-state index contributed by atoms with van der Waals surface area (Å²) in [7, 11) is 0. The van der Waals surface area contributed by atoms with Gasteiger partial charge in [-0.25, -0.2) is 4.98 Å². The van der Waals surface area contributed by atoms with Crippen molar-refractivity contribution in [3.05, 3.63) is 17.3 Å². The Kier molecular flexibility index (Phi) is 5.96. The first-order chi connectivity index (χ1) is 7.74. The molecule has 1 aromatic rings. The average molecular weight is 245 g/mol. The standard InChI is InChI=1S/C11H17ClN2O2/c1-2-3-4-15-5-6-16-11-10(13)7-9(12)8-14-11/h7-8H,2-6,13H2,1H3. The van der Waals surface area contributed by atoms with Crippen LogP contribution in [0.1, 0.15) is 19.8 Å².